The van der Waals surface area contributed by atoms with Crippen LogP contribution in [0.3, 0.4) is 0 Å². The Bertz CT molecular complexity index is 331. The van der Waals surface area contributed by atoms with E-state index in [0.717, 1.165) is 0 Å². The van der Waals surface area contributed by atoms with Gasteiger partial charge in [0.1, 0.15) is 0 Å². The minimum atomic E-state index is -0.949. The lowest BCUT2D eigenvalue weighted by atomic mass is 10.1. The Labute approximate surface area is 70.4 Å². The van der Waals surface area contributed by atoms with E-state index in [1.54, 1.807) is 6.92 Å². The van der Waals surface area contributed by atoms with Gasteiger partial charge >= 0.3 is 5.97 Å². The summed E-state index contributed by atoms with van der Waals surface area (Å²) in [6, 6.07) is 1.46. The topological polar surface area (TPSA) is 50.2 Å². The quantitative estimate of drug-likeness (QED) is 0.722. The van der Waals surface area contributed by atoms with Gasteiger partial charge in [-0.2, -0.15) is 0 Å². The fourth-order valence-corrected chi connectivity index (χ4v) is 1.02. The first-order chi connectivity index (χ1) is 5.66. The van der Waals surface area contributed by atoms with Crippen molar-refractivity contribution < 1.29 is 9.90 Å². The standard InChI is InChI=1S/C9H9NO2/c1-3-7-6(2)10-5-4-8(7)9(11)12/h3-5H,1H2,2H3,(H,11,12). The highest BCUT2D eigenvalue weighted by atomic mass is 16.4. The number of aromatic nitrogens is 1. The summed E-state index contributed by atoms with van der Waals surface area (Å²) in [6.45, 7) is 5.28. The Morgan fingerprint density at radius 1 is 1.75 bits per heavy atom. The van der Waals surface area contributed by atoms with Crippen LogP contribution in [0.5, 0.6) is 0 Å². The third-order valence-corrected chi connectivity index (χ3v) is 1.62. The summed E-state index contributed by atoms with van der Waals surface area (Å²) in [4.78, 5) is 14.6. The molecule has 1 rings (SSSR count). The third-order valence-electron chi connectivity index (χ3n) is 1.62. The molecule has 0 aliphatic rings. The Balaban J connectivity index is 3.37. The maximum atomic E-state index is 10.7. The zero-order valence-corrected chi connectivity index (χ0v) is 6.74. The lowest BCUT2D eigenvalue weighted by Gasteiger charge is -2.02. The van der Waals surface area contributed by atoms with Gasteiger partial charge in [-0.15, -0.1) is 0 Å². The molecule has 0 amide bonds. The molecule has 0 radical (unpaired) electrons. The van der Waals surface area contributed by atoms with E-state index in [2.05, 4.69) is 11.6 Å². The molecule has 3 heteroatoms. The average molecular weight is 163 g/mol. The monoisotopic (exact) mass is 163 g/mol. The van der Waals surface area contributed by atoms with Crippen LogP contribution in [0, 0.1) is 6.92 Å². The molecule has 0 aliphatic carbocycles. The van der Waals surface area contributed by atoms with Gasteiger partial charge in [-0.25, -0.2) is 4.79 Å². The molecule has 0 aromatic carbocycles. The van der Waals surface area contributed by atoms with E-state index >= 15 is 0 Å². The second-order valence-corrected chi connectivity index (χ2v) is 2.37. The lowest BCUT2D eigenvalue weighted by Crippen LogP contribution is -2.02. The zero-order chi connectivity index (χ0) is 9.14. The molecule has 0 saturated carbocycles. The molecule has 1 aromatic heterocycles. The highest BCUT2D eigenvalue weighted by Crippen LogP contribution is 2.12. The fraction of sp³-hybridized carbons (Fsp3) is 0.111. The van der Waals surface area contributed by atoms with Crippen LogP contribution in [0.25, 0.3) is 6.08 Å². The van der Waals surface area contributed by atoms with Gasteiger partial charge in [0.25, 0.3) is 0 Å². The number of hydrogen-bond acceptors (Lipinski definition) is 2. The average Bonchev–Trinajstić information content (AvgIpc) is 2.03. The van der Waals surface area contributed by atoms with Crippen molar-refractivity contribution in [3.8, 4) is 0 Å². The molecule has 0 saturated heterocycles. The summed E-state index contributed by atoms with van der Waals surface area (Å²) in [5, 5.41) is 8.75. The predicted octanol–water partition coefficient (Wildman–Crippen LogP) is 1.73. The predicted molar refractivity (Wildman–Crippen MR) is 46.0 cm³/mol. The molecule has 3 nitrogen and oxygen atoms in total. The van der Waals surface area contributed by atoms with Crippen molar-refractivity contribution in [1.29, 1.82) is 0 Å². The first kappa shape index (κ1) is 8.46. The number of carboxylic acid groups (broad SMARTS) is 1. The smallest absolute Gasteiger partial charge is 0.336 e. The van der Waals surface area contributed by atoms with E-state index in [1.807, 2.05) is 0 Å². The van der Waals surface area contributed by atoms with Crippen LogP contribution < -0.4 is 0 Å². The Kier molecular flexibility index (Phi) is 2.24. The molecule has 12 heavy (non-hydrogen) atoms. The van der Waals surface area contributed by atoms with E-state index in [4.69, 9.17) is 5.11 Å². The molecular weight excluding hydrogens is 154 g/mol. The maximum Gasteiger partial charge on any atom is 0.336 e. The molecule has 0 atom stereocenters. The van der Waals surface area contributed by atoms with E-state index in [0.29, 0.717) is 11.3 Å². The zero-order valence-electron chi connectivity index (χ0n) is 6.74. The molecule has 0 aliphatic heterocycles. The van der Waals surface area contributed by atoms with Gasteiger partial charge in [0, 0.05) is 17.5 Å². The van der Waals surface area contributed by atoms with Crippen LogP contribution in [-0.2, 0) is 0 Å². The molecule has 1 heterocycles. The van der Waals surface area contributed by atoms with Crippen molar-refractivity contribution in [2.24, 2.45) is 0 Å². The van der Waals surface area contributed by atoms with E-state index in [-0.39, 0.29) is 5.56 Å². The second-order valence-electron chi connectivity index (χ2n) is 2.37. The molecule has 0 fully saturated rings. The van der Waals surface area contributed by atoms with Gasteiger partial charge < -0.3 is 5.11 Å². The first-order valence-electron chi connectivity index (χ1n) is 3.48. The summed E-state index contributed by atoms with van der Waals surface area (Å²) < 4.78 is 0. The molecule has 1 aromatic rings. The lowest BCUT2D eigenvalue weighted by molar-refractivity contribution is 0.0696. The van der Waals surface area contributed by atoms with Crippen molar-refractivity contribution in [2.75, 3.05) is 0 Å². The highest BCUT2D eigenvalue weighted by molar-refractivity contribution is 5.92. The largest absolute Gasteiger partial charge is 0.478 e. The van der Waals surface area contributed by atoms with Gasteiger partial charge in [0.15, 0.2) is 0 Å². The SMILES string of the molecule is C=Cc1c(C(=O)O)ccnc1C. The minimum Gasteiger partial charge on any atom is -0.478 e. The first-order valence-corrected chi connectivity index (χ1v) is 3.48. The van der Waals surface area contributed by atoms with E-state index < -0.39 is 5.97 Å². The van der Waals surface area contributed by atoms with Crippen molar-refractivity contribution in [1.82, 2.24) is 4.98 Å². The number of pyridine rings is 1. The van der Waals surface area contributed by atoms with Gasteiger partial charge in [-0.3, -0.25) is 4.98 Å². The second kappa shape index (κ2) is 3.17. The van der Waals surface area contributed by atoms with Gasteiger partial charge in [-0.1, -0.05) is 12.7 Å². The van der Waals surface area contributed by atoms with Crippen LogP contribution in [0.4, 0.5) is 0 Å². The van der Waals surface area contributed by atoms with Crippen molar-refractivity contribution in [3.05, 3.63) is 35.7 Å². The summed E-state index contributed by atoms with van der Waals surface area (Å²) in [5.74, 6) is -0.949. The van der Waals surface area contributed by atoms with Crippen LogP contribution in [0.1, 0.15) is 21.6 Å². The van der Waals surface area contributed by atoms with Crippen LogP contribution in [-0.4, -0.2) is 16.1 Å². The Morgan fingerprint density at radius 3 is 2.83 bits per heavy atom. The van der Waals surface area contributed by atoms with E-state index in [1.165, 1.54) is 18.3 Å². The van der Waals surface area contributed by atoms with Gasteiger partial charge in [0.05, 0.1) is 5.56 Å². The number of rotatable bonds is 2. The van der Waals surface area contributed by atoms with Gasteiger partial charge in [0.2, 0.25) is 0 Å². The van der Waals surface area contributed by atoms with E-state index in [9.17, 15) is 4.79 Å². The number of carbonyl (C=O) groups is 1. The Hall–Kier alpha value is -1.64. The molecule has 0 spiro atoms. The Morgan fingerprint density at radius 2 is 2.42 bits per heavy atom. The van der Waals surface area contributed by atoms with Crippen LogP contribution in [0.15, 0.2) is 18.8 Å². The summed E-state index contributed by atoms with van der Waals surface area (Å²) in [6.07, 6.45) is 2.98. The maximum absolute atomic E-state index is 10.7. The summed E-state index contributed by atoms with van der Waals surface area (Å²) in [5.41, 5.74) is 1.52. The van der Waals surface area contributed by atoms with Crippen molar-refractivity contribution >= 4 is 12.0 Å². The van der Waals surface area contributed by atoms with Gasteiger partial charge in [-0.05, 0) is 13.0 Å². The summed E-state index contributed by atoms with van der Waals surface area (Å²) >= 11 is 0. The molecular formula is C9H9NO2. The fourth-order valence-electron chi connectivity index (χ4n) is 1.02. The normalized spacial score (nSPS) is 9.42. The highest BCUT2D eigenvalue weighted by Gasteiger charge is 2.08. The summed E-state index contributed by atoms with van der Waals surface area (Å²) in [7, 11) is 0. The van der Waals surface area contributed by atoms with Crippen molar-refractivity contribution in [2.45, 2.75) is 6.92 Å². The molecule has 0 bridgehead atoms. The number of carboxylic acids is 1. The number of nitrogens with zero attached hydrogens (tertiary/aromatic N) is 1. The number of hydrogen-bond donors (Lipinski definition) is 1. The van der Waals surface area contributed by atoms with Crippen LogP contribution >= 0.6 is 0 Å². The third kappa shape index (κ3) is 1.34. The number of aryl methyl sites for hydroxylation is 1. The van der Waals surface area contributed by atoms with Crippen molar-refractivity contribution in [3.63, 3.8) is 0 Å². The molecule has 0 unspecified atom stereocenters. The molecule has 1 N–H and O–H groups in total. The number of aromatic carboxylic acids is 1. The minimum absolute atomic E-state index is 0.248. The van der Waals surface area contributed by atoms with Crippen LogP contribution in [0.2, 0.25) is 0 Å². The molecule has 62 valence electrons.